The maximum absolute atomic E-state index is 5.28. The number of nitrogens with one attached hydrogen (secondary N) is 1. The third-order valence-corrected chi connectivity index (χ3v) is 4.87. The van der Waals surface area contributed by atoms with E-state index in [1.54, 1.807) is 21.3 Å². The van der Waals surface area contributed by atoms with Gasteiger partial charge in [-0.05, 0) is 18.6 Å². The molecule has 84 valence electrons. The molecule has 0 heterocycles. The van der Waals surface area contributed by atoms with Gasteiger partial charge in [-0.2, -0.15) is 0 Å². The molecule has 5 nitrogen and oxygen atoms in total. The lowest BCUT2D eigenvalue weighted by Crippen LogP contribution is -2.43. The van der Waals surface area contributed by atoms with E-state index >= 15 is 0 Å². The van der Waals surface area contributed by atoms with E-state index in [4.69, 9.17) is 19.0 Å². The van der Waals surface area contributed by atoms with Crippen LogP contribution in [0.3, 0.4) is 0 Å². The molecule has 0 unspecified atom stereocenters. The Morgan fingerprint density at radius 1 is 1.29 bits per heavy atom. The van der Waals surface area contributed by atoms with Crippen LogP contribution in [0, 0.1) is 0 Å². The van der Waals surface area contributed by atoms with E-state index in [9.17, 15) is 0 Å². The van der Waals surface area contributed by atoms with Gasteiger partial charge < -0.3 is 24.3 Å². The molecule has 0 atom stereocenters. The Bertz CT molecular complexity index is 170. The number of hydrogen-bond acceptors (Lipinski definition) is 4. The summed E-state index contributed by atoms with van der Waals surface area (Å²) in [7, 11) is 2.38. The minimum atomic E-state index is -2.41. The lowest BCUT2D eigenvalue weighted by Gasteiger charge is -2.24. The molecule has 0 aliphatic heterocycles. The molecule has 7 heteroatoms. The molecular formula is C7H18N2O3SSi. The Morgan fingerprint density at radius 2 is 1.79 bits per heavy atom. The maximum atomic E-state index is 5.28. The predicted octanol–water partition coefficient (Wildman–Crippen LogP) is 0.0878. The van der Waals surface area contributed by atoms with Crippen molar-refractivity contribution in [3.05, 3.63) is 0 Å². The van der Waals surface area contributed by atoms with Crippen molar-refractivity contribution in [2.75, 3.05) is 27.9 Å². The third-order valence-electron chi connectivity index (χ3n) is 1.89. The SMILES string of the molecule is CO[Si](CCCNC(N)=S)(OC)OC. The van der Waals surface area contributed by atoms with E-state index in [0.717, 1.165) is 12.5 Å². The van der Waals surface area contributed by atoms with E-state index in [-0.39, 0.29) is 0 Å². The topological polar surface area (TPSA) is 65.7 Å². The third kappa shape index (κ3) is 4.87. The van der Waals surface area contributed by atoms with E-state index in [2.05, 4.69) is 17.5 Å². The number of hydrogen-bond donors (Lipinski definition) is 2. The van der Waals surface area contributed by atoms with Crippen LogP contribution in [0.25, 0.3) is 0 Å². The molecule has 14 heavy (non-hydrogen) atoms. The highest BCUT2D eigenvalue weighted by Crippen LogP contribution is 2.14. The Labute approximate surface area is 91.3 Å². The minimum Gasteiger partial charge on any atom is -0.377 e. The molecule has 0 radical (unpaired) electrons. The second-order valence-electron chi connectivity index (χ2n) is 2.69. The number of nitrogens with two attached hydrogens (primary N) is 1. The smallest absolute Gasteiger partial charge is 0.377 e. The first-order valence-corrected chi connectivity index (χ1v) is 6.63. The largest absolute Gasteiger partial charge is 0.500 e. The van der Waals surface area contributed by atoms with Crippen LogP contribution in [0.1, 0.15) is 6.42 Å². The summed E-state index contributed by atoms with van der Waals surface area (Å²) in [6, 6.07) is 0.742. The fraction of sp³-hybridized carbons (Fsp3) is 0.857. The zero-order valence-electron chi connectivity index (χ0n) is 8.83. The molecule has 0 spiro atoms. The van der Waals surface area contributed by atoms with Crippen LogP contribution in [0.4, 0.5) is 0 Å². The normalized spacial score (nSPS) is 11.4. The summed E-state index contributed by atoms with van der Waals surface area (Å²) in [6.07, 6.45) is 0.846. The fourth-order valence-corrected chi connectivity index (χ4v) is 2.90. The molecule has 0 amide bonds. The summed E-state index contributed by atoms with van der Waals surface area (Å²) < 4.78 is 15.7. The van der Waals surface area contributed by atoms with Crippen LogP contribution in [0.5, 0.6) is 0 Å². The molecule has 0 aromatic heterocycles. The van der Waals surface area contributed by atoms with Gasteiger partial charge in [0.05, 0.1) is 0 Å². The summed E-state index contributed by atoms with van der Waals surface area (Å²) >= 11 is 4.67. The lowest BCUT2D eigenvalue weighted by atomic mass is 10.5. The van der Waals surface area contributed by atoms with Gasteiger partial charge >= 0.3 is 8.80 Å². The molecule has 0 aliphatic rings. The zero-order valence-corrected chi connectivity index (χ0v) is 10.6. The first-order chi connectivity index (χ1) is 6.60. The highest BCUT2D eigenvalue weighted by Gasteiger charge is 2.36. The summed E-state index contributed by atoms with van der Waals surface area (Å²) in [5.41, 5.74) is 5.28. The average Bonchev–Trinajstić information content (AvgIpc) is 2.19. The standard InChI is InChI=1S/C7H18N2O3SSi/c1-10-14(11-2,12-3)6-4-5-9-7(8)13/h4-6H2,1-3H3,(H3,8,9,13). The molecule has 0 aliphatic carbocycles. The Hall–Kier alpha value is -0.213. The van der Waals surface area contributed by atoms with E-state index in [1.807, 2.05) is 0 Å². The Kier molecular flexibility index (Phi) is 7.02. The monoisotopic (exact) mass is 238 g/mol. The van der Waals surface area contributed by atoms with Crippen molar-refractivity contribution in [1.82, 2.24) is 5.32 Å². The van der Waals surface area contributed by atoms with Gasteiger partial charge in [-0.3, -0.25) is 0 Å². The number of rotatable bonds is 7. The van der Waals surface area contributed by atoms with Crippen LogP contribution >= 0.6 is 12.2 Å². The van der Waals surface area contributed by atoms with Gasteiger partial charge in [0.25, 0.3) is 0 Å². The van der Waals surface area contributed by atoms with E-state index in [0.29, 0.717) is 11.7 Å². The highest BCUT2D eigenvalue weighted by molar-refractivity contribution is 7.80. The van der Waals surface area contributed by atoms with Crippen molar-refractivity contribution in [1.29, 1.82) is 0 Å². The second kappa shape index (κ2) is 7.13. The predicted molar refractivity (Wildman–Crippen MR) is 61.0 cm³/mol. The van der Waals surface area contributed by atoms with Crippen LogP contribution in [-0.4, -0.2) is 41.8 Å². The summed E-state index contributed by atoms with van der Waals surface area (Å²) in [5, 5.41) is 3.16. The van der Waals surface area contributed by atoms with Gasteiger partial charge in [0.2, 0.25) is 0 Å². The molecule has 0 saturated heterocycles. The van der Waals surface area contributed by atoms with Crippen LogP contribution < -0.4 is 11.1 Å². The Morgan fingerprint density at radius 3 is 2.14 bits per heavy atom. The van der Waals surface area contributed by atoms with Crippen molar-refractivity contribution >= 4 is 26.1 Å². The molecule has 0 saturated carbocycles. The maximum Gasteiger partial charge on any atom is 0.500 e. The van der Waals surface area contributed by atoms with Crippen molar-refractivity contribution in [3.63, 3.8) is 0 Å². The zero-order chi connectivity index (χ0) is 11.0. The van der Waals surface area contributed by atoms with Crippen LogP contribution in [-0.2, 0) is 13.3 Å². The molecule has 0 aromatic carbocycles. The van der Waals surface area contributed by atoms with Crippen molar-refractivity contribution < 1.29 is 13.3 Å². The van der Waals surface area contributed by atoms with Gasteiger partial charge in [0.15, 0.2) is 5.11 Å². The molecule has 0 aromatic rings. The van der Waals surface area contributed by atoms with Gasteiger partial charge in [-0.25, -0.2) is 0 Å². The fourth-order valence-electron chi connectivity index (χ4n) is 1.07. The molecule has 0 fully saturated rings. The molecule has 0 rings (SSSR count). The first kappa shape index (κ1) is 13.8. The first-order valence-electron chi connectivity index (χ1n) is 4.29. The minimum absolute atomic E-state index is 0.310. The lowest BCUT2D eigenvalue weighted by molar-refractivity contribution is 0.123. The van der Waals surface area contributed by atoms with Gasteiger partial charge in [-0.15, -0.1) is 0 Å². The summed E-state index contributed by atoms with van der Waals surface area (Å²) in [6.45, 7) is 0.708. The van der Waals surface area contributed by atoms with Gasteiger partial charge in [0.1, 0.15) is 0 Å². The second-order valence-corrected chi connectivity index (χ2v) is 6.22. The van der Waals surface area contributed by atoms with Gasteiger partial charge in [0, 0.05) is 33.9 Å². The van der Waals surface area contributed by atoms with E-state index < -0.39 is 8.80 Å². The van der Waals surface area contributed by atoms with Crippen LogP contribution in [0.15, 0.2) is 0 Å². The average molecular weight is 238 g/mol. The molecule has 3 N–H and O–H groups in total. The summed E-state index contributed by atoms with van der Waals surface area (Å²) in [5.74, 6) is 0. The summed E-state index contributed by atoms with van der Waals surface area (Å²) in [4.78, 5) is 0. The molecular weight excluding hydrogens is 220 g/mol. The van der Waals surface area contributed by atoms with E-state index in [1.165, 1.54) is 0 Å². The van der Waals surface area contributed by atoms with Crippen LogP contribution in [0.2, 0.25) is 6.04 Å². The van der Waals surface area contributed by atoms with Crippen molar-refractivity contribution in [2.45, 2.75) is 12.5 Å². The quantitative estimate of drug-likeness (QED) is 0.372. The van der Waals surface area contributed by atoms with Crippen molar-refractivity contribution in [2.24, 2.45) is 5.73 Å². The highest BCUT2D eigenvalue weighted by atomic mass is 32.1. The Balaban J connectivity index is 3.77. The molecule has 0 bridgehead atoms. The number of thiocarbonyl (C=S) groups is 1. The van der Waals surface area contributed by atoms with Gasteiger partial charge in [-0.1, -0.05) is 0 Å². The van der Waals surface area contributed by atoms with Crippen molar-refractivity contribution in [3.8, 4) is 0 Å².